The fourth-order valence-corrected chi connectivity index (χ4v) is 6.11. The van der Waals surface area contributed by atoms with Crippen molar-refractivity contribution in [1.82, 2.24) is 19.4 Å². The van der Waals surface area contributed by atoms with Crippen LogP contribution in [0.4, 0.5) is 21.9 Å². The number of likely N-dealkylation sites (N-methyl/N-ethyl adjacent to an activating group) is 1. The average molecular weight is 652 g/mol. The Labute approximate surface area is 279 Å². The zero-order valence-corrected chi connectivity index (χ0v) is 27.9. The third-order valence-corrected chi connectivity index (χ3v) is 8.62. The van der Waals surface area contributed by atoms with Crippen LogP contribution in [0.25, 0.3) is 17.1 Å². The Morgan fingerprint density at radius 3 is 2.44 bits per heavy atom. The van der Waals surface area contributed by atoms with Gasteiger partial charge in [0, 0.05) is 87.1 Å². The van der Waals surface area contributed by atoms with Gasteiger partial charge in [0.1, 0.15) is 23.8 Å². The summed E-state index contributed by atoms with van der Waals surface area (Å²) < 4.78 is 13.7. The monoisotopic (exact) mass is 651 g/mol. The lowest BCUT2D eigenvalue weighted by atomic mass is 9.95. The quantitative estimate of drug-likeness (QED) is 0.241. The number of ether oxygens (including phenoxy) is 2. The number of pyridine rings is 1. The van der Waals surface area contributed by atoms with E-state index < -0.39 is 6.03 Å². The molecular weight excluding hydrogens is 610 g/mol. The minimum atomic E-state index is -0.441. The van der Waals surface area contributed by atoms with Crippen LogP contribution in [0.15, 0.2) is 66.7 Å². The van der Waals surface area contributed by atoms with Crippen molar-refractivity contribution in [3.05, 3.63) is 77.8 Å². The lowest BCUT2D eigenvalue weighted by Gasteiger charge is -2.34. The zero-order chi connectivity index (χ0) is 33.9. The molecule has 3 amide bonds. The van der Waals surface area contributed by atoms with E-state index in [4.69, 9.17) is 9.47 Å². The second kappa shape index (κ2) is 13.8. The number of Topliss-reactive ketones (excluding diaryl/α,β-unsaturated/α-hetero) is 1. The maximum absolute atomic E-state index is 13.6. The number of hydrogen-bond donors (Lipinski definition) is 2. The Balaban J connectivity index is 1.14. The molecule has 0 bridgehead atoms. The number of allylic oxidation sites excluding steroid dienone is 1. The molecule has 12 nitrogen and oxygen atoms in total. The van der Waals surface area contributed by atoms with E-state index in [0.29, 0.717) is 29.3 Å². The Hall–Kier alpha value is -5.36. The molecule has 2 aliphatic rings. The number of aryl methyl sites for hydroxylation is 1. The number of nitrogens with zero attached hydrogens (tertiary/aromatic N) is 5. The van der Waals surface area contributed by atoms with Crippen molar-refractivity contribution in [2.45, 2.75) is 12.8 Å². The summed E-state index contributed by atoms with van der Waals surface area (Å²) >= 11 is 0. The predicted octanol–water partition coefficient (Wildman–Crippen LogP) is 5.08. The van der Waals surface area contributed by atoms with E-state index in [2.05, 4.69) is 20.5 Å². The van der Waals surface area contributed by atoms with Gasteiger partial charge in [0.05, 0.1) is 5.56 Å². The third kappa shape index (κ3) is 6.98. The van der Waals surface area contributed by atoms with Crippen molar-refractivity contribution in [2.75, 3.05) is 70.0 Å². The smallest absolute Gasteiger partial charge is 0.323 e. The highest BCUT2D eigenvalue weighted by Gasteiger charge is 2.30. The van der Waals surface area contributed by atoms with Gasteiger partial charge >= 0.3 is 6.03 Å². The molecule has 48 heavy (non-hydrogen) atoms. The number of carbonyl (C=O) groups excluding carboxylic acids is 3. The lowest BCUT2D eigenvalue weighted by molar-refractivity contribution is -0.133. The van der Waals surface area contributed by atoms with Crippen LogP contribution in [0.2, 0.25) is 0 Å². The van der Waals surface area contributed by atoms with Crippen molar-refractivity contribution >= 4 is 51.9 Å². The van der Waals surface area contributed by atoms with E-state index in [9.17, 15) is 14.4 Å². The maximum Gasteiger partial charge on any atom is 0.323 e. The van der Waals surface area contributed by atoms with Crippen molar-refractivity contribution in [3.8, 4) is 11.5 Å². The number of benzene rings is 2. The molecule has 0 atom stereocenters. The normalized spacial score (nSPS) is 15.5. The second-order valence-electron chi connectivity index (χ2n) is 12.6. The predicted molar refractivity (Wildman–Crippen MR) is 187 cm³/mol. The molecule has 4 aromatic rings. The summed E-state index contributed by atoms with van der Waals surface area (Å²) in [5.41, 5.74) is 4.04. The summed E-state index contributed by atoms with van der Waals surface area (Å²) in [6, 6.07) is 13.7. The molecule has 12 heteroatoms. The molecule has 2 aliphatic heterocycles. The third-order valence-electron chi connectivity index (χ3n) is 8.62. The van der Waals surface area contributed by atoms with E-state index in [-0.39, 0.29) is 23.4 Å². The van der Waals surface area contributed by atoms with E-state index in [1.807, 2.05) is 42.9 Å². The minimum absolute atomic E-state index is 0.0177. The number of piperidine rings is 1. The first kappa shape index (κ1) is 32.6. The molecule has 250 valence electrons. The number of rotatable bonds is 9. The average Bonchev–Trinajstić information content (AvgIpc) is 3.56. The molecule has 6 rings (SSSR count). The van der Waals surface area contributed by atoms with Crippen LogP contribution in [-0.4, -0.2) is 91.5 Å². The molecule has 1 fully saturated rings. The fourth-order valence-electron chi connectivity index (χ4n) is 6.11. The van der Waals surface area contributed by atoms with Gasteiger partial charge in [0.15, 0.2) is 5.76 Å². The molecule has 2 aromatic carbocycles. The minimum Gasteiger partial charge on any atom is -0.492 e. The molecule has 0 unspecified atom stereocenters. The van der Waals surface area contributed by atoms with Gasteiger partial charge in [-0.1, -0.05) is 0 Å². The van der Waals surface area contributed by atoms with Gasteiger partial charge in [0.2, 0.25) is 11.7 Å². The van der Waals surface area contributed by atoms with Crippen LogP contribution >= 0.6 is 0 Å². The second-order valence-corrected chi connectivity index (χ2v) is 12.6. The summed E-state index contributed by atoms with van der Waals surface area (Å²) in [4.78, 5) is 49.5. The number of aromatic nitrogens is 2. The van der Waals surface area contributed by atoms with Gasteiger partial charge in [-0.15, -0.1) is 0 Å². The summed E-state index contributed by atoms with van der Waals surface area (Å²) in [6.45, 7) is 2.86. The van der Waals surface area contributed by atoms with Crippen LogP contribution in [0, 0.1) is 5.92 Å². The molecule has 2 aromatic heterocycles. The van der Waals surface area contributed by atoms with E-state index >= 15 is 0 Å². The number of carbonyl (C=O) groups is 3. The maximum atomic E-state index is 13.6. The van der Waals surface area contributed by atoms with Crippen LogP contribution in [0.3, 0.4) is 0 Å². The molecule has 0 spiro atoms. The molecule has 1 saturated heterocycles. The van der Waals surface area contributed by atoms with E-state index in [1.165, 1.54) is 0 Å². The standard InChI is InChI=1S/C36H41N7O5/c1-40(2)18-19-47-27-9-6-25(7-10-27)38-36(46)39-26-8-11-30-28(21-26)33(44)31(48-30)20-24-22-42(5)34-32(24)29(12-15-37-34)43-16-13-23(14-17-43)35(45)41(3)4/h6-12,15,20-23H,13-14,16-19H2,1-5H3,(H2,38,39,46). The van der Waals surface area contributed by atoms with Crippen LogP contribution in [0.5, 0.6) is 11.5 Å². The van der Waals surface area contributed by atoms with Crippen molar-refractivity contribution < 1.29 is 23.9 Å². The zero-order valence-electron chi connectivity index (χ0n) is 27.9. The van der Waals surface area contributed by atoms with Crippen LogP contribution in [0.1, 0.15) is 28.8 Å². The van der Waals surface area contributed by atoms with Gasteiger partial charge in [0.25, 0.3) is 0 Å². The number of fused-ring (bicyclic) bond motifs is 2. The number of nitrogens with one attached hydrogen (secondary N) is 2. The van der Waals surface area contributed by atoms with Gasteiger partial charge in [-0.3, -0.25) is 9.59 Å². The van der Waals surface area contributed by atoms with Crippen LogP contribution in [-0.2, 0) is 11.8 Å². The number of urea groups is 1. The topological polar surface area (TPSA) is 121 Å². The van der Waals surface area contributed by atoms with Gasteiger partial charge < -0.3 is 39.4 Å². The SMILES string of the molecule is CN(C)CCOc1ccc(NC(=O)Nc2ccc3c(c2)C(=O)C(=Cc2cn(C)c4nccc(N5CCC(C(=O)N(C)C)CC5)c24)O3)cc1. The lowest BCUT2D eigenvalue weighted by Crippen LogP contribution is -2.40. The van der Waals surface area contributed by atoms with Gasteiger partial charge in [-0.2, -0.15) is 0 Å². The van der Waals surface area contributed by atoms with E-state index in [1.54, 1.807) is 73.7 Å². The highest BCUT2D eigenvalue weighted by atomic mass is 16.5. The van der Waals surface area contributed by atoms with Crippen molar-refractivity contribution in [2.24, 2.45) is 13.0 Å². The van der Waals surface area contributed by atoms with Gasteiger partial charge in [-0.05, 0) is 81.5 Å². The summed E-state index contributed by atoms with van der Waals surface area (Å²) in [5, 5.41) is 6.52. The molecule has 2 N–H and O–H groups in total. The molecule has 4 heterocycles. The largest absolute Gasteiger partial charge is 0.492 e. The summed E-state index contributed by atoms with van der Waals surface area (Å²) in [5.74, 6) is 1.25. The van der Waals surface area contributed by atoms with Crippen molar-refractivity contribution in [1.29, 1.82) is 0 Å². The Morgan fingerprint density at radius 2 is 1.73 bits per heavy atom. The molecule has 0 radical (unpaired) electrons. The van der Waals surface area contributed by atoms with Crippen molar-refractivity contribution in [3.63, 3.8) is 0 Å². The summed E-state index contributed by atoms with van der Waals surface area (Å²) in [7, 11) is 9.49. The Morgan fingerprint density at radius 1 is 1.02 bits per heavy atom. The van der Waals surface area contributed by atoms with E-state index in [0.717, 1.165) is 60.5 Å². The molecule has 0 saturated carbocycles. The molecular formula is C36H41N7O5. The Bertz CT molecular complexity index is 1870. The first-order chi connectivity index (χ1) is 23.1. The number of anilines is 3. The first-order valence-corrected chi connectivity index (χ1v) is 16.0. The number of amides is 3. The molecule has 0 aliphatic carbocycles. The number of ketones is 1. The fraction of sp³-hybridized carbons (Fsp3) is 0.333. The van der Waals surface area contributed by atoms with Crippen LogP contribution < -0.4 is 25.0 Å². The summed E-state index contributed by atoms with van der Waals surface area (Å²) in [6.07, 6.45) is 7.03. The first-order valence-electron chi connectivity index (χ1n) is 16.0. The Kier molecular flexibility index (Phi) is 9.35. The highest BCUT2D eigenvalue weighted by Crippen LogP contribution is 2.37. The van der Waals surface area contributed by atoms with Gasteiger partial charge in [-0.25, -0.2) is 9.78 Å². The highest BCUT2D eigenvalue weighted by molar-refractivity contribution is 6.16. The number of hydrogen-bond acceptors (Lipinski definition) is 8.